The maximum absolute atomic E-state index is 9.34. The number of nitrogens with zero attached hydrogens (tertiary/aromatic N) is 4. The van der Waals surface area contributed by atoms with Gasteiger partial charge in [0.2, 0.25) is 5.95 Å². The van der Waals surface area contributed by atoms with Gasteiger partial charge in [-0.05, 0) is 18.6 Å². The van der Waals surface area contributed by atoms with Gasteiger partial charge in [0.1, 0.15) is 0 Å². The second-order valence-corrected chi connectivity index (χ2v) is 5.05. The van der Waals surface area contributed by atoms with Gasteiger partial charge in [0.25, 0.3) is 0 Å². The van der Waals surface area contributed by atoms with E-state index in [9.17, 15) is 5.11 Å². The van der Waals surface area contributed by atoms with E-state index in [1.54, 1.807) is 12.4 Å². The van der Waals surface area contributed by atoms with Crippen LogP contribution in [0.1, 0.15) is 13.3 Å². The van der Waals surface area contributed by atoms with Crippen molar-refractivity contribution in [3.8, 4) is 0 Å². The molecule has 23 heavy (non-hydrogen) atoms. The number of rotatable bonds is 6. The van der Waals surface area contributed by atoms with Crippen molar-refractivity contribution in [2.75, 3.05) is 17.2 Å². The van der Waals surface area contributed by atoms with E-state index in [0.29, 0.717) is 22.9 Å². The minimum absolute atomic E-state index is 0.0137. The standard InChI is InChI=1S/C16H18N6O/c1-2-11(10-23)20-16-21-14-13(17-8-9-18-14)15(22-16)19-12-6-4-3-5-7-12/h3-9,11,23H,2,10H2,1H3,(H2,18,19,20,21,22). The van der Waals surface area contributed by atoms with Gasteiger partial charge in [0, 0.05) is 18.1 Å². The van der Waals surface area contributed by atoms with Crippen LogP contribution < -0.4 is 10.6 Å². The van der Waals surface area contributed by atoms with Crippen molar-refractivity contribution in [1.29, 1.82) is 0 Å². The Kier molecular flexibility index (Phi) is 4.58. The van der Waals surface area contributed by atoms with Gasteiger partial charge < -0.3 is 15.7 Å². The fourth-order valence-electron chi connectivity index (χ4n) is 2.13. The van der Waals surface area contributed by atoms with E-state index in [1.807, 2.05) is 37.3 Å². The van der Waals surface area contributed by atoms with E-state index in [0.717, 1.165) is 12.1 Å². The van der Waals surface area contributed by atoms with Gasteiger partial charge in [0.15, 0.2) is 17.0 Å². The van der Waals surface area contributed by atoms with E-state index in [-0.39, 0.29) is 12.6 Å². The number of aliphatic hydroxyl groups excluding tert-OH is 1. The number of para-hydroxylation sites is 1. The lowest BCUT2D eigenvalue weighted by molar-refractivity contribution is 0.271. The van der Waals surface area contributed by atoms with E-state index in [2.05, 4.69) is 30.6 Å². The molecule has 0 aliphatic carbocycles. The summed E-state index contributed by atoms with van der Waals surface area (Å²) in [5.74, 6) is 0.988. The normalized spacial score (nSPS) is 12.1. The molecule has 0 aliphatic heterocycles. The first-order valence-electron chi connectivity index (χ1n) is 7.48. The number of hydrogen-bond acceptors (Lipinski definition) is 7. The van der Waals surface area contributed by atoms with Gasteiger partial charge in [-0.15, -0.1) is 0 Å². The summed E-state index contributed by atoms with van der Waals surface area (Å²) in [6.07, 6.45) is 3.96. The van der Waals surface area contributed by atoms with Crippen LogP contribution in [0, 0.1) is 0 Å². The summed E-state index contributed by atoms with van der Waals surface area (Å²) in [6.45, 7) is 2.00. The van der Waals surface area contributed by atoms with Gasteiger partial charge in [-0.3, -0.25) is 0 Å². The Morgan fingerprint density at radius 1 is 1.09 bits per heavy atom. The molecule has 0 amide bonds. The van der Waals surface area contributed by atoms with Gasteiger partial charge in [0.05, 0.1) is 12.6 Å². The second kappa shape index (κ2) is 6.97. The molecule has 7 nitrogen and oxygen atoms in total. The highest BCUT2D eigenvalue weighted by Gasteiger charge is 2.12. The molecule has 0 saturated carbocycles. The average molecular weight is 310 g/mol. The molecular weight excluding hydrogens is 292 g/mol. The molecule has 0 fully saturated rings. The van der Waals surface area contributed by atoms with Crippen LogP contribution in [0.5, 0.6) is 0 Å². The smallest absolute Gasteiger partial charge is 0.227 e. The van der Waals surface area contributed by atoms with E-state index < -0.39 is 0 Å². The quantitative estimate of drug-likeness (QED) is 0.643. The molecule has 0 aliphatic rings. The fourth-order valence-corrected chi connectivity index (χ4v) is 2.13. The van der Waals surface area contributed by atoms with Crippen LogP contribution in [0.3, 0.4) is 0 Å². The Bertz CT molecular complexity index is 776. The highest BCUT2D eigenvalue weighted by atomic mass is 16.3. The SMILES string of the molecule is CCC(CO)Nc1nc(Nc2ccccc2)c2nccnc2n1. The molecule has 0 saturated heterocycles. The topological polar surface area (TPSA) is 95.8 Å². The predicted octanol–water partition coefficient (Wildman–Crippen LogP) is 2.35. The van der Waals surface area contributed by atoms with Gasteiger partial charge in [-0.1, -0.05) is 25.1 Å². The maximum atomic E-state index is 9.34. The fraction of sp³-hybridized carbons (Fsp3) is 0.250. The molecule has 7 heteroatoms. The first-order chi connectivity index (χ1) is 11.3. The number of aromatic nitrogens is 4. The van der Waals surface area contributed by atoms with Gasteiger partial charge in [-0.2, -0.15) is 9.97 Å². The summed E-state index contributed by atoms with van der Waals surface area (Å²) in [6, 6.07) is 9.61. The molecule has 0 radical (unpaired) electrons. The number of benzene rings is 1. The molecule has 3 rings (SSSR count). The Labute approximate surface area is 133 Å². The molecule has 118 valence electrons. The van der Waals surface area contributed by atoms with Gasteiger partial charge >= 0.3 is 0 Å². The highest BCUT2D eigenvalue weighted by molar-refractivity contribution is 5.85. The lowest BCUT2D eigenvalue weighted by atomic mass is 10.2. The molecule has 1 unspecified atom stereocenters. The first-order valence-corrected chi connectivity index (χ1v) is 7.48. The van der Waals surface area contributed by atoms with Crippen molar-refractivity contribution in [2.45, 2.75) is 19.4 Å². The van der Waals surface area contributed by atoms with Crippen LogP contribution in [0.15, 0.2) is 42.7 Å². The summed E-state index contributed by atoms with van der Waals surface area (Å²) in [7, 11) is 0. The Morgan fingerprint density at radius 2 is 1.87 bits per heavy atom. The lowest BCUT2D eigenvalue weighted by Crippen LogP contribution is -2.24. The van der Waals surface area contributed by atoms with Crippen molar-refractivity contribution in [3.63, 3.8) is 0 Å². The summed E-state index contributed by atoms with van der Waals surface area (Å²) in [5.41, 5.74) is 1.99. The maximum Gasteiger partial charge on any atom is 0.227 e. The highest BCUT2D eigenvalue weighted by Crippen LogP contribution is 2.22. The molecule has 3 N–H and O–H groups in total. The zero-order chi connectivity index (χ0) is 16.1. The van der Waals surface area contributed by atoms with Crippen LogP contribution in [0.4, 0.5) is 17.5 Å². The van der Waals surface area contributed by atoms with Crippen LogP contribution >= 0.6 is 0 Å². The molecule has 2 aromatic heterocycles. The van der Waals surface area contributed by atoms with Crippen molar-refractivity contribution in [3.05, 3.63) is 42.7 Å². The molecule has 3 aromatic rings. The Morgan fingerprint density at radius 3 is 2.61 bits per heavy atom. The van der Waals surface area contributed by atoms with E-state index in [1.165, 1.54) is 0 Å². The van der Waals surface area contributed by atoms with Crippen LogP contribution in [-0.2, 0) is 0 Å². The third kappa shape index (κ3) is 3.51. The zero-order valence-electron chi connectivity index (χ0n) is 12.8. The molecule has 0 spiro atoms. The third-order valence-corrected chi connectivity index (χ3v) is 3.42. The number of hydrogen-bond donors (Lipinski definition) is 3. The van der Waals surface area contributed by atoms with Crippen molar-refractivity contribution in [1.82, 2.24) is 19.9 Å². The molecule has 1 aromatic carbocycles. The average Bonchev–Trinajstić information content (AvgIpc) is 2.60. The molecule has 1 atom stereocenters. The van der Waals surface area contributed by atoms with Crippen molar-refractivity contribution < 1.29 is 5.11 Å². The number of nitrogens with one attached hydrogen (secondary N) is 2. The second-order valence-electron chi connectivity index (χ2n) is 5.05. The summed E-state index contributed by atoms with van der Waals surface area (Å²) in [5, 5.41) is 15.7. The van der Waals surface area contributed by atoms with Crippen LogP contribution in [0.25, 0.3) is 11.2 Å². The third-order valence-electron chi connectivity index (χ3n) is 3.42. The van der Waals surface area contributed by atoms with E-state index >= 15 is 0 Å². The predicted molar refractivity (Wildman–Crippen MR) is 89.6 cm³/mol. The number of aliphatic hydroxyl groups is 1. The van der Waals surface area contributed by atoms with Crippen molar-refractivity contribution in [2.24, 2.45) is 0 Å². The monoisotopic (exact) mass is 310 g/mol. The summed E-state index contributed by atoms with van der Waals surface area (Å²) >= 11 is 0. The minimum Gasteiger partial charge on any atom is -0.394 e. The molecule has 2 heterocycles. The van der Waals surface area contributed by atoms with E-state index in [4.69, 9.17) is 0 Å². The van der Waals surface area contributed by atoms with Crippen LogP contribution in [0.2, 0.25) is 0 Å². The number of anilines is 3. The Balaban J connectivity index is 2.00. The number of fused-ring (bicyclic) bond motifs is 1. The lowest BCUT2D eigenvalue weighted by Gasteiger charge is -2.15. The molecular formula is C16H18N6O. The van der Waals surface area contributed by atoms with Crippen LogP contribution in [-0.4, -0.2) is 37.7 Å². The van der Waals surface area contributed by atoms with Gasteiger partial charge in [-0.25, -0.2) is 9.97 Å². The summed E-state index contributed by atoms with van der Waals surface area (Å²) in [4.78, 5) is 17.4. The summed E-state index contributed by atoms with van der Waals surface area (Å²) < 4.78 is 0. The first kappa shape index (κ1) is 15.1. The largest absolute Gasteiger partial charge is 0.394 e. The Hall–Kier alpha value is -2.80. The zero-order valence-corrected chi connectivity index (χ0v) is 12.8. The molecule has 0 bridgehead atoms. The minimum atomic E-state index is -0.103. The van der Waals surface area contributed by atoms with Crippen molar-refractivity contribution >= 4 is 28.6 Å².